The van der Waals surface area contributed by atoms with Crippen LogP contribution in [0.3, 0.4) is 0 Å². The summed E-state index contributed by atoms with van der Waals surface area (Å²) in [5, 5.41) is 14.2. The quantitative estimate of drug-likeness (QED) is 0.687. The van der Waals surface area contributed by atoms with Crippen LogP contribution in [0.4, 0.5) is 5.69 Å². The highest BCUT2D eigenvalue weighted by Gasteiger charge is 2.21. The molecule has 18 heavy (non-hydrogen) atoms. The lowest BCUT2D eigenvalue weighted by Crippen LogP contribution is -2.44. The van der Waals surface area contributed by atoms with E-state index >= 15 is 0 Å². The molecule has 1 N–H and O–H groups in total. The van der Waals surface area contributed by atoms with Gasteiger partial charge in [-0.15, -0.1) is 0 Å². The van der Waals surface area contributed by atoms with Crippen LogP contribution in [0.1, 0.15) is 18.5 Å². The van der Waals surface area contributed by atoms with Crippen LogP contribution in [0.2, 0.25) is 0 Å². The van der Waals surface area contributed by atoms with Crippen LogP contribution in [0.15, 0.2) is 22.7 Å². The summed E-state index contributed by atoms with van der Waals surface area (Å²) in [7, 11) is 0. The number of benzene rings is 1. The number of piperazine rings is 1. The van der Waals surface area contributed by atoms with Crippen molar-refractivity contribution < 1.29 is 4.92 Å². The fourth-order valence-corrected chi connectivity index (χ4v) is 2.60. The normalized spacial score (nSPS) is 18.6. The van der Waals surface area contributed by atoms with Crippen LogP contribution in [0.25, 0.3) is 0 Å². The summed E-state index contributed by atoms with van der Waals surface area (Å²) >= 11 is 3.21. The van der Waals surface area contributed by atoms with Crippen LogP contribution in [0, 0.1) is 10.1 Å². The predicted octanol–water partition coefficient (Wildman–Crippen LogP) is 2.32. The average Bonchev–Trinajstić information content (AvgIpc) is 2.39. The highest BCUT2D eigenvalue weighted by molar-refractivity contribution is 9.10. The van der Waals surface area contributed by atoms with Gasteiger partial charge in [-0.05, 0) is 34.5 Å². The molecular formula is C12H16BrN3O2. The minimum atomic E-state index is -0.349. The summed E-state index contributed by atoms with van der Waals surface area (Å²) < 4.78 is 0.531. The zero-order valence-electron chi connectivity index (χ0n) is 10.2. The van der Waals surface area contributed by atoms with Gasteiger partial charge in [0.15, 0.2) is 0 Å². The van der Waals surface area contributed by atoms with E-state index in [-0.39, 0.29) is 16.7 Å². The van der Waals surface area contributed by atoms with Gasteiger partial charge in [0.1, 0.15) is 0 Å². The van der Waals surface area contributed by atoms with Crippen LogP contribution in [-0.2, 0) is 0 Å². The number of nitro groups is 1. The first-order valence-electron chi connectivity index (χ1n) is 5.98. The number of hydrogen-bond donors (Lipinski definition) is 1. The summed E-state index contributed by atoms with van der Waals surface area (Å²) in [6.07, 6.45) is 0. The molecule has 0 radical (unpaired) electrons. The third-order valence-electron chi connectivity index (χ3n) is 3.35. The van der Waals surface area contributed by atoms with Crippen molar-refractivity contribution in [1.29, 1.82) is 0 Å². The number of hydrogen-bond acceptors (Lipinski definition) is 4. The Balaban J connectivity index is 2.21. The molecule has 1 aromatic carbocycles. The monoisotopic (exact) mass is 313 g/mol. The molecule has 1 aliphatic rings. The zero-order chi connectivity index (χ0) is 13.1. The van der Waals surface area contributed by atoms with Crippen molar-refractivity contribution in [2.45, 2.75) is 13.0 Å². The molecule has 1 atom stereocenters. The van der Waals surface area contributed by atoms with E-state index in [9.17, 15) is 10.1 Å². The Hall–Kier alpha value is -0.980. The van der Waals surface area contributed by atoms with E-state index in [1.54, 1.807) is 12.1 Å². The average molecular weight is 314 g/mol. The van der Waals surface area contributed by atoms with Gasteiger partial charge >= 0.3 is 0 Å². The van der Waals surface area contributed by atoms with Crippen LogP contribution >= 0.6 is 15.9 Å². The molecule has 1 fully saturated rings. The minimum Gasteiger partial charge on any atom is -0.314 e. The van der Waals surface area contributed by atoms with Crippen LogP contribution < -0.4 is 5.32 Å². The molecular weight excluding hydrogens is 298 g/mol. The number of rotatable bonds is 3. The molecule has 0 unspecified atom stereocenters. The number of nitrogens with one attached hydrogen (secondary N) is 1. The maximum atomic E-state index is 10.9. The third kappa shape index (κ3) is 2.88. The molecule has 0 spiro atoms. The van der Waals surface area contributed by atoms with Gasteiger partial charge in [0.05, 0.1) is 9.40 Å². The van der Waals surface area contributed by atoms with E-state index in [2.05, 4.69) is 33.1 Å². The minimum absolute atomic E-state index is 0.134. The van der Waals surface area contributed by atoms with Gasteiger partial charge in [0.25, 0.3) is 5.69 Å². The van der Waals surface area contributed by atoms with Gasteiger partial charge in [0.2, 0.25) is 0 Å². The molecule has 0 bridgehead atoms. The van der Waals surface area contributed by atoms with Crippen molar-refractivity contribution in [2.24, 2.45) is 0 Å². The zero-order valence-corrected chi connectivity index (χ0v) is 11.8. The number of nitrogens with zero attached hydrogens (tertiary/aromatic N) is 2. The van der Waals surface area contributed by atoms with Crippen molar-refractivity contribution in [3.8, 4) is 0 Å². The lowest BCUT2D eigenvalue weighted by Gasteiger charge is -2.33. The van der Waals surface area contributed by atoms with Crippen molar-refractivity contribution in [3.63, 3.8) is 0 Å². The second-order valence-corrected chi connectivity index (χ2v) is 5.28. The summed E-state index contributed by atoms with van der Waals surface area (Å²) in [6.45, 7) is 6.00. The Labute approximate surface area is 114 Å². The first kappa shape index (κ1) is 13.5. The van der Waals surface area contributed by atoms with Crippen molar-refractivity contribution in [3.05, 3.63) is 38.3 Å². The van der Waals surface area contributed by atoms with Crippen molar-refractivity contribution in [2.75, 3.05) is 26.2 Å². The molecule has 98 valence electrons. The van der Waals surface area contributed by atoms with E-state index in [1.165, 1.54) is 0 Å². The van der Waals surface area contributed by atoms with E-state index < -0.39 is 0 Å². The number of halogens is 1. The standard InChI is InChI=1S/C12H16BrN3O2/c1-9(15-6-4-14-5-7-15)10-2-3-11(13)12(8-10)16(17)18/h2-3,8-9,14H,4-7H2,1H3/t9-/m1/s1. The summed E-state index contributed by atoms with van der Waals surface area (Å²) in [5.74, 6) is 0. The van der Waals surface area contributed by atoms with Gasteiger partial charge in [0, 0.05) is 38.3 Å². The number of nitro benzene ring substituents is 1. The lowest BCUT2D eigenvalue weighted by molar-refractivity contribution is -0.385. The molecule has 1 saturated heterocycles. The summed E-state index contributed by atoms with van der Waals surface area (Å²) in [5.41, 5.74) is 1.13. The van der Waals surface area contributed by atoms with E-state index in [0.29, 0.717) is 4.47 Å². The molecule has 6 heteroatoms. The maximum absolute atomic E-state index is 10.9. The highest BCUT2D eigenvalue weighted by Crippen LogP contribution is 2.30. The Morgan fingerprint density at radius 3 is 2.72 bits per heavy atom. The van der Waals surface area contributed by atoms with E-state index in [0.717, 1.165) is 31.7 Å². The highest BCUT2D eigenvalue weighted by atomic mass is 79.9. The van der Waals surface area contributed by atoms with Crippen molar-refractivity contribution >= 4 is 21.6 Å². The molecule has 0 aliphatic carbocycles. The van der Waals surface area contributed by atoms with Crippen LogP contribution in [-0.4, -0.2) is 36.0 Å². The van der Waals surface area contributed by atoms with Gasteiger partial charge in [-0.1, -0.05) is 6.07 Å². The van der Waals surface area contributed by atoms with Gasteiger partial charge < -0.3 is 5.32 Å². The summed E-state index contributed by atoms with van der Waals surface area (Å²) in [6, 6.07) is 5.58. The SMILES string of the molecule is C[C@H](c1ccc(Br)c([N+](=O)[O-])c1)N1CCNCC1. The fraction of sp³-hybridized carbons (Fsp3) is 0.500. The molecule has 0 aromatic heterocycles. The molecule has 1 heterocycles. The van der Waals surface area contributed by atoms with Gasteiger partial charge in [-0.25, -0.2) is 0 Å². The largest absolute Gasteiger partial charge is 0.314 e. The Kier molecular flexibility index (Phi) is 4.31. The molecule has 0 saturated carbocycles. The van der Waals surface area contributed by atoms with Crippen LogP contribution in [0.5, 0.6) is 0 Å². The lowest BCUT2D eigenvalue weighted by atomic mass is 10.1. The topological polar surface area (TPSA) is 58.4 Å². The predicted molar refractivity (Wildman–Crippen MR) is 73.7 cm³/mol. The second kappa shape index (κ2) is 5.77. The van der Waals surface area contributed by atoms with E-state index in [1.807, 2.05) is 6.07 Å². The van der Waals surface area contributed by atoms with Crippen molar-refractivity contribution in [1.82, 2.24) is 10.2 Å². The molecule has 1 aromatic rings. The van der Waals surface area contributed by atoms with Gasteiger partial charge in [-0.3, -0.25) is 15.0 Å². The Morgan fingerprint density at radius 2 is 2.11 bits per heavy atom. The van der Waals surface area contributed by atoms with E-state index in [4.69, 9.17) is 0 Å². The second-order valence-electron chi connectivity index (χ2n) is 4.43. The Bertz CT molecular complexity index is 447. The summed E-state index contributed by atoms with van der Waals surface area (Å²) in [4.78, 5) is 12.9. The smallest absolute Gasteiger partial charge is 0.283 e. The molecule has 1 aliphatic heterocycles. The third-order valence-corrected chi connectivity index (χ3v) is 4.02. The first-order chi connectivity index (χ1) is 8.59. The fourth-order valence-electron chi connectivity index (χ4n) is 2.21. The molecule has 5 nitrogen and oxygen atoms in total. The molecule has 0 amide bonds. The molecule has 2 rings (SSSR count). The maximum Gasteiger partial charge on any atom is 0.283 e. The Morgan fingerprint density at radius 1 is 1.44 bits per heavy atom. The van der Waals surface area contributed by atoms with Gasteiger partial charge in [-0.2, -0.15) is 0 Å². The first-order valence-corrected chi connectivity index (χ1v) is 6.77.